The fourth-order valence-corrected chi connectivity index (χ4v) is 4.60. The summed E-state index contributed by atoms with van der Waals surface area (Å²) < 4.78 is 49.5. The Morgan fingerprint density at radius 2 is 1.58 bits per heavy atom. The van der Waals surface area contributed by atoms with E-state index in [1.54, 1.807) is 6.07 Å². The molecule has 4 N–H and O–H groups in total. The van der Waals surface area contributed by atoms with Crippen LogP contribution in [0.4, 0.5) is 0 Å². The first kappa shape index (κ1) is 25.4. The van der Waals surface area contributed by atoms with Crippen molar-refractivity contribution in [3.8, 4) is 5.75 Å². The minimum atomic E-state index is -3.99. The largest absolute Gasteiger partial charge is 0.489 e. The fraction of sp³-hybridized carbons (Fsp3) is 0.381. The van der Waals surface area contributed by atoms with Gasteiger partial charge in [0.2, 0.25) is 0 Å². The second-order valence-corrected chi connectivity index (χ2v) is 11.5. The van der Waals surface area contributed by atoms with E-state index >= 15 is 0 Å². The number of hydrogen-bond donors (Lipinski definition) is 2. The van der Waals surface area contributed by atoms with Gasteiger partial charge in [0.1, 0.15) is 12.4 Å². The van der Waals surface area contributed by atoms with Gasteiger partial charge in [0, 0.05) is 28.1 Å². The van der Waals surface area contributed by atoms with Gasteiger partial charge in [-0.2, -0.15) is 21.9 Å². The lowest BCUT2D eigenvalue weighted by Crippen LogP contribution is -2.23. The molecule has 0 saturated heterocycles. The molecule has 180 valence electrons. The van der Waals surface area contributed by atoms with Crippen LogP contribution in [0, 0.1) is 0 Å². The summed E-state index contributed by atoms with van der Waals surface area (Å²) in [7, 11) is -3.40. The highest BCUT2D eigenvalue weighted by atomic mass is 35.7. The molecule has 1 saturated carbocycles. The molecule has 1 fully saturated rings. The number of rotatable bonds is 5. The van der Waals surface area contributed by atoms with Crippen LogP contribution in [0.1, 0.15) is 55.7 Å². The Kier molecular flexibility index (Phi) is 8.35. The van der Waals surface area contributed by atoms with Gasteiger partial charge in [-0.25, -0.2) is 10.3 Å². The lowest BCUT2D eigenvalue weighted by Gasteiger charge is -2.11. The van der Waals surface area contributed by atoms with E-state index in [0.717, 1.165) is 46.4 Å². The van der Waals surface area contributed by atoms with E-state index in [0.29, 0.717) is 17.9 Å². The van der Waals surface area contributed by atoms with Crippen LogP contribution in [-0.2, 0) is 26.1 Å². The summed E-state index contributed by atoms with van der Waals surface area (Å²) in [4.78, 5) is 0. The van der Waals surface area contributed by atoms with Crippen LogP contribution in [0.25, 0.3) is 10.9 Å². The topological polar surface area (TPSA) is 147 Å². The van der Waals surface area contributed by atoms with Crippen molar-refractivity contribution in [1.82, 2.24) is 9.19 Å². The quantitative estimate of drug-likeness (QED) is 0.393. The number of benzene rings is 2. The second kappa shape index (κ2) is 10.8. The zero-order valence-electron chi connectivity index (χ0n) is 17.9. The summed E-state index contributed by atoms with van der Waals surface area (Å²) in [6.07, 6.45) is 6.80. The van der Waals surface area contributed by atoms with Crippen molar-refractivity contribution in [2.24, 2.45) is 10.3 Å². The monoisotopic (exact) mass is 514 g/mol. The molecule has 0 unspecified atom stereocenters. The molecule has 0 amide bonds. The first-order valence-corrected chi connectivity index (χ1v) is 14.3. The highest BCUT2D eigenvalue weighted by Crippen LogP contribution is 2.36. The summed E-state index contributed by atoms with van der Waals surface area (Å²) in [6, 6.07) is 15.3. The van der Waals surface area contributed by atoms with Crippen LogP contribution in [0.3, 0.4) is 0 Å². The molecule has 0 bridgehead atoms. The van der Waals surface area contributed by atoms with E-state index < -0.39 is 19.4 Å². The molecule has 12 heteroatoms. The first-order valence-electron chi connectivity index (χ1n) is 10.5. The van der Waals surface area contributed by atoms with Crippen molar-refractivity contribution in [1.29, 1.82) is 0 Å². The molecule has 1 aliphatic rings. The van der Waals surface area contributed by atoms with Crippen molar-refractivity contribution >= 4 is 41.0 Å². The Labute approximate surface area is 198 Å². The lowest BCUT2D eigenvalue weighted by atomic mass is 9.94. The normalized spacial score (nSPS) is 15.5. The third-order valence-electron chi connectivity index (χ3n) is 5.38. The fourth-order valence-electron chi connectivity index (χ4n) is 3.97. The second-order valence-electron chi connectivity index (χ2n) is 7.89. The molecule has 4 rings (SSSR count). The van der Waals surface area contributed by atoms with E-state index in [1.165, 1.54) is 12.8 Å². The number of nitrogens with two attached hydrogens (primary N) is 2. The van der Waals surface area contributed by atoms with Crippen molar-refractivity contribution in [2.75, 3.05) is 0 Å². The van der Waals surface area contributed by atoms with Gasteiger partial charge >= 0.3 is 10.2 Å². The van der Waals surface area contributed by atoms with Gasteiger partial charge in [-0.1, -0.05) is 56.0 Å². The van der Waals surface area contributed by atoms with Crippen LogP contribution in [0.2, 0.25) is 0 Å². The van der Waals surface area contributed by atoms with Gasteiger partial charge in [-0.3, -0.25) is 0 Å². The van der Waals surface area contributed by atoms with Crippen molar-refractivity contribution < 1.29 is 21.6 Å². The van der Waals surface area contributed by atoms with E-state index in [-0.39, 0.29) is 5.92 Å². The Bertz CT molecular complexity index is 1280. The van der Waals surface area contributed by atoms with Crippen molar-refractivity contribution in [2.45, 2.75) is 51.0 Å². The maximum atomic E-state index is 12.1. The molecule has 1 heterocycles. The molecule has 1 aromatic heterocycles. The molecular formula is C21H27ClN4O5S2. The average molecular weight is 515 g/mol. The van der Waals surface area contributed by atoms with Crippen molar-refractivity contribution in [3.63, 3.8) is 0 Å². The zero-order valence-corrected chi connectivity index (χ0v) is 20.3. The third-order valence-corrected chi connectivity index (χ3v) is 6.14. The average Bonchev–Trinajstić information content (AvgIpc) is 2.91. The third kappa shape index (κ3) is 7.68. The number of aromatic nitrogens is 2. The summed E-state index contributed by atoms with van der Waals surface area (Å²) in [5.41, 5.74) is 2.36. The summed E-state index contributed by atoms with van der Waals surface area (Å²) in [5.74, 6) is 0.859. The maximum absolute atomic E-state index is 12.1. The Hall–Kier alpha value is -2.18. The molecular weight excluding hydrogens is 488 g/mol. The number of halogens is 1. The highest BCUT2D eigenvalue weighted by Gasteiger charge is 2.24. The number of fused-ring (bicyclic) bond motifs is 1. The molecule has 0 atom stereocenters. The molecule has 33 heavy (non-hydrogen) atoms. The van der Waals surface area contributed by atoms with Gasteiger partial charge < -0.3 is 4.74 Å². The van der Waals surface area contributed by atoms with Crippen LogP contribution < -0.4 is 15.0 Å². The molecule has 0 aliphatic heterocycles. The van der Waals surface area contributed by atoms with Gasteiger partial charge in [0.15, 0.2) is 0 Å². The highest BCUT2D eigenvalue weighted by molar-refractivity contribution is 8.11. The van der Waals surface area contributed by atoms with Crippen LogP contribution in [-0.4, -0.2) is 26.0 Å². The maximum Gasteiger partial charge on any atom is 0.318 e. The number of hydrogen-bond acceptors (Lipinski definition) is 6. The summed E-state index contributed by atoms with van der Waals surface area (Å²) in [6.45, 7) is 0.408. The van der Waals surface area contributed by atoms with Gasteiger partial charge in [0.05, 0.1) is 11.2 Å². The zero-order chi connectivity index (χ0) is 24.1. The van der Waals surface area contributed by atoms with E-state index in [9.17, 15) is 16.8 Å². The SMILES string of the molecule is NS(=O)(=O)Cl.NS(=O)(=O)n1nc(C2CCCCCC2)c2ccc(OCc3ccccc3)cc21. The van der Waals surface area contributed by atoms with Crippen molar-refractivity contribution in [3.05, 3.63) is 59.8 Å². The van der Waals surface area contributed by atoms with Crippen LogP contribution >= 0.6 is 10.7 Å². The predicted octanol–water partition coefficient (Wildman–Crippen LogP) is 3.53. The van der Waals surface area contributed by atoms with Crippen LogP contribution in [0.5, 0.6) is 5.75 Å². The standard InChI is InChI=1S/C21H25N3O3S.ClH2NO2S/c22-28(25,26)24-20-14-18(27-15-16-8-4-3-5-9-16)12-13-19(20)21(23-24)17-10-6-1-2-7-11-17;1-5(2,3)4/h3-5,8-9,12-14,17H,1-2,6-7,10-11,15H2,(H2,22,25,26);(H2,2,3,4). The predicted molar refractivity (Wildman–Crippen MR) is 128 cm³/mol. The van der Waals surface area contributed by atoms with Gasteiger partial charge in [0.25, 0.3) is 9.24 Å². The molecule has 2 aromatic carbocycles. The molecule has 0 spiro atoms. The lowest BCUT2D eigenvalue weighted by molar-refractivity contribution is 0.306. The summed E-state index contributed by atoms with van der Waals surface area (Å²) >= 11 is 0. The van der Waals surface area contributed by atoms with E-state index in [4.69, 9.17) is 9.88 Å². The minimum Gasteiger partial charge on any atom is -0.489 e. The van der Waals surface area contributed by atoms with Gasteiger partial charge in [-0.05, 0) is 30.5 Å². The van der Waals surface area contributed by atoms with Gasteiger partial charge in [-0.15, -0.1) is 4.09 Å². The molecule has 9 nitrogen and oxygen atoms in total. The molecule has 0 radical (unpaired) electrons. The first-order chi connectivity index (χ1) is 15.5. The number of ether oxygens (including phenoxy) is 1. The molecule has 3 aromatic rings. The molecule has 1 aliphatic carbocycles. The van der Waals surface area contributed by atoms with E-state index in [1.807, 2.05) is 42.5 Å². The summed E-state index contributed by atoms with van der Waals surface area (Å²) in [5, 5.41) is 14.8. The van der Waals surface area contributed by atoms with Crippen LogP contribution in [0.15, 0.2) is 48.5 Å². The van der Waals surface area contributed by atoms with E-state index in [2.05, 4.69) is 20.9 Å². The minimum absolute atomic E-state index is 0.268. The Morgan fingerprint density at radius 1 is 0.970 bits per heavy atom. The Balaban J connectivity index is 0.000000555. The number of nitrogens with zero attached hydrogens (tertiary/aromatic N) is 2. The smallest absolute Gasteiger partial charge is 0.318 e. The Morgan fingerprint density at radius 3 is 2.15 bits per heavy atom.